The molecule has 4 aromatic heterocycles. The Labute approximate surface area is 330 Å². The Bertz CT molecular complexity index is 3270. The van der Waals surface area contributed by atoms with Crippen LogP contribution in [-0.2, 0) is 14.1 Å². The minimum atomic E-state index is -1.07. The topological polar surface area (TPSA) is 135 Å². The number of rotatable bonds is 3. The smallest absolute Gasteiger partial charge is 0.280 e. The minimum absolute atomic E-state index is 0.0510. The molecule has 1 N–H and O–H groups in total. The fourth-order valence-corrected chi connectivity index (χ4v) is 6.37. The number of aryl methyl sites for hydroxylation is 2. The van der Waals surface area contributed by atoms with Crippen LogP contribution in [-0.4, -0.2) is 38.2 Å². The number of aromatic amines is 1. The number of H-pyrrole nitrogens is 1. The van der Waals surface area contributed by atoms with Crippen molar-refractivity contribution in [1.82, 2.24) is 38.2 Å². The molecule has 294 valence electrons. The molecule has 0 aliphatic carbocycles. The third-order valence-electron chi connectivity index (χ3n) is 9.08. The van der Waals surface area contributed by atoms with E-state index >= 15 is 0 Å². The molecule has 0 bridgehead atoms. The number of halogens is 4. The van der Waals surface area contributed by atoms with Crippen molar-refractivity contribution in [2.75, 3.05) is 0 Å². The van der Waals surface area contributed by atoms with Gasteiger partial charge in [-0.1, -0.05) is 60.1 Å². The Kier molecular flexibility index (Phi) is 10.6. The molecule has 0 unspecified atom stereocenters. The lowest BCUT2D eigenvalue weighted by Gasteiger charge is -2.15. The predicted octanol–water partition coefficient (Wildman–Crippen LogP) is 5.24. The summed E-state index contributed by atoms with van der Waals surface area (Å²) in [7, 11) is 2.96. The fourth-order valence-electron chi connectivity index (χ4n) is 6.37. The van der Waals surface area contributed by atoms with Crippen LogP contribution in [0.5, 0.6) is 0 Å². The molecular weight excluding hydrogens is 769 g/mol. The SMILES string of the molecule is CC(C)n1c(=O)n(-c2c(F)cc(C#Cc3ccccc3)cc2F)c(=O)c2cn[nH]c21.Cn1ncc2c(=O)n(-c3c(F)cc(C#Cc4ccccc4)cc3F)c(=O)n(C)c21. The van der Waals surface area contributed by atoms with Crippen molar-refractivity contribution >= 4 is 22.1 Å². The van der Waals surface area contributed by atoms with Gasteiger partial charge in [-0.15, -0.1) is 0 Å². The molecule has 0 amide bonds. The quantitative estimate of drug-likeness (QED) is 0.192. The van der Waals surface area contributed by atoms with Crippen LogP contribution < -0.4 is 22.5 Å². The number of aromatic nitrogens is 8. The standard InChI is InChI=1S/C22H16F2N4O2.C21H14F2N4O2/c1-13(2)27-20-16(12-25-26-20)21(29)28(22(27)30)19-17(23)10-15(11-18(19)24)9-8-14-6-4-3-5-7-14;1-25-19-15(12-24-26(19)2)20(28)27(21(25)29)18-16(22)10-14(11-17(18)23)9-8-13-6-4-3-5-7-13/h3-7,10-13H,1-2H3,(H,25,26);3-7,10-12H,1-2H3. The maximum Gasteiger partial charge on any atom is 0.337 e. The van der Waals surface area contributed by atoms with E-state index in [1.165, 1.54) is 28.7 Å². The number of hydrogen-bond acceptors (Lipinski definition) is 6. The first-order valence-electron chi connectivity index (χ1n) is 17.7. The van der Waals surface area contributed by atoms with Gasteiger partial charge in [0.2, 0.25) is 0 Å². The van der Waals surface area contributed by atoms with Crippen LogP contribution in [0.4, 0.5) is 17.6 Å². The normalized spacial score (nSPS) is 10.9. The largest absolute Gasteiger partial charge is 0.337 e. The molecule has 0 atom stereocenters. The maximum absolute atomic E-state index is 14.9. The van der Waals surface area contributed by atoms with Crippen LogP contribution >= 0.6 is 0 Å². The van der Waals surface area contributed by atoms with Crippen LogP contribution in [0.1, 0.15) is 42.1 Å². The van der Waals surface area contributed by atoms with E-state index < -0.39 is 57.1 Å². The number of hydrogen-bond donors (Lipinski definition) is 1. The Morgan fingerprint density at radius 3 is 1.51 bits per heavy atom. The van der Waals surface area contributed by atoms with Crippen LogP contribution in [0.2, 0.25) is 0 Å². The van der Waals surface area contributed by atoms with Gasteiger partial charge in [0, 0.05) is 42.4 Å². The van der Waals surface area contributed by atoms with Crippen molar-refractivity contribution < 1.29 is 17.6 Å². The fraction of sp³-hybridized carbons (Fsp3) is 0.116. The van der Waals surface area contributed by atoms with E-state index in [4.69, 9.17) is 0 Å². The highest BCUT2D eigenvalue weighted by atomic mass is 19.1. The Hall–Kier alpha value is -7.98. The van der Waals surface area contributed by atoms with Crippen molar-refractivity contribution in [3.8, 4) is 35.1 Å². The summed E-state index contributed by atoms with van der Waals surface area (Å²) in [5.41, 5.74) is -2.96. The van der Waals surface area contributed by atoms with Crippen molar-refractivity contribution in [1.29, 1.82) is 0 Å². The van der Waals surface area contributed by atoms with E-state index in [2.05, 4.69) is 39.0 Å². The minimum Gasteiger partial charge on any atom is -0.280 e. The van der Waals surface area contributed by atoms with Gasteiger partial charge >= 0.3 is 11.4 Å². The van der Waals surface area contributed by atoms with E-state index in [1.807, 2.05) is 12.1 Å². The van der Waals surface area contributed by atoms with E-state index in [1.54, 1.807) is 69.4 Å². The number of nitrogens with one attached hydrogen (secondary N) is 1. The molecular formula is C43H30F4N8O4. The molecule has 0 fully saturated rings. The van der Waals surface area contributed by atoms with Gasteiger partial charge in [-0.25, -0.2) is 36.3 Å². The molecule has 16 heteroatoms. The molecule has 0 aliphatic rings. The second kappa shape index (κ2) is 15.9. The highest BCUT2D eigenvalue weighted by Gasteiger charge is 2.24. The third-order valence-corrected chi connectivity index (χ3v) is 9.08. The molecule has 0 saturated carbocycles. The Balaban J connectivity index is 0.000000179. The van der Waals surface area contributed by atoms with Gasteiger partial charge in [0.1, 0.15) is 33.4 Å². The van der Waals surface area contributed by atoms with Crippen molar-refractivity contribution in [2.45, 2.75) is 19.9 Å². The average molecular weight is 799 g/mol. The Morgan fingerprint density at radius 1 is 0.593 bits per heavy atom. The zero-order chi connectivity index (χ0) is 42.1. The second-order valence-electron chi connectivity index (χ2n) is 13.3. The first-order valence-corrected chi connectivity index (χ1v) is 17.7. The summed E-state index contributed by atoms with van der Waals surface area (Å²) in [4.78, 5) is 51.2. The molecule has 12 nitrogen and oxygen atoms in total. The van der Waals surface area contributed by atoms with Crippen LogP contribution in [0.25, 0.3) is 33.4 Å². The number of nitrogens with zero attached hydrogens (tertiary/aromatic N) is 7. The molecule has 0 aliphatic heterocycles. The van der Waals surface area contributed by atoms with Gasteiger partial charge in [-0.2, -0.15) is 10.2 Å². The van der Waals surface area contributed by atoms with Gasteiger partial charge in [-0.05, 0) is 62.4 Å². The molecule has 4 aromatic carbocycles. The highest BCUT2D eigenvalue weighted by molar-refractivity contribution is 5.74. The van der Waals surface area contributed by atoms with E-state index in [0.717, 1.165) is 28.8 Å². The lowest BCUT2D eigenvalue weighted by Crippen LogP contribution is -2.40. The molecule has 8 aromatic rings. The lowest BCUT2D eigenvalue weighted by atomic mass is 10.1. The van der Waals surface area contributed by atoms with E-state index in [0.29, 0.717) is 20.3 Å². The van der Waals surface area contributed by atoms with Gasteiger partial charge in [0.05, 0.1) is 12.4 Å². The summed E-state index contributed by atoms with van der Waals surface area (Å²) in [6.07, 6.45) is 2.48. The zero-order valence-electron chi connectivity index (χ0n) is 31.6. The summed E-state index contributed by atoms with van der Waals surface area (Å²) in [5, 5.41) is 10.4. The summed E-state index contributed by atoms with van der Waals surface area (Å²) in [6, 6.07) is 21.5. The first kappa shape index (κ1) is 39.3. The van der Waals surface area contributed by atoms with Crippen molar-refractivity contribution in [3.05, 3.63) is 185 Å². The summed E-state index contributed by atoms with van der Waals surface area (Å²) in [6.45, 7) is 3.43. The van der Waals surface area contributed by atoms with E-state index in [9.17, 15) is 36.7 Å². The van der Waals surface area contributed by atoms with Crippen LogP contribution in [0, 0.1) is 47.0 Å². The highest BCUT2D eigenvalue weighted by Crippen LogP contribution is 2.21. The van der Waals surface area contributed by atoms with E-state index in [-0.39, 0.29) is 39.2 Å². The summed E-state index contributed by atoms with van der Waals surface area (Å²) < 4.78 is 64.0. The monoisotopic (exact) mass is 798 g/mol. The van der Waals surface area contributed by atoms with Crippen LogP contribution in [0.15, 0.2) is 117 Å². The van der Waals surface area contributed by atoms with Crippen LogP contribution in [0.3, 0.4) is 0 Å². The molecule has 0 saturated heterocycles. The number of fused-ring (bicyclic) bond motifs is 2. The van der Waals surface area contributed by atoms with Gasteiger partial charge in [0.15, 0.2) is 23.3 Å². The van der Waals surface area contributed by atoms with Crippen molar-refractivity contribution in [2.24, 2.45) is 14.1 Å². The Morgan fingerprint density at radius 2 is 1.03 bits per heavy atom. The zero-order valence-corrected chi connectivity index (χ0v) is 31.6. The van der Waals surface area contributed by atoms with Crippen molar-refractivity contribution in [3.63, 3.8) is 0 Å². The predicted molar refractivity (Wildman–Crippen MR) is 213 cm³/mol. The molecule has 8 rings (SSSR count). The average Bonchev–Trinajstić information content (AvgIpc) is 3.86. The lowest BCUT2D eigenvalue weighted by molar-refractivity contribution is 0.534. The molecule has 0 radical (unpaired) electrons. The van der Waals surface area contributed by atoms with Gasteiger partial charge < -0.3 is 0 Å². The second-order valence-corrected chi connectivity index (χ2v) is 13.3. The summed E-state index contributed by atoms with van der Waals surface area (Å²) in [5.74, 6) is 6.73. The number of benzene rings is 4. The van der Waals surface area contributed by atoms with Gasteiger partial charge in [0.25, 0.3) is 11.1 Å². The van der Waals surface area contributed by atoms with Gasteiger partial charge in [-0.3, -0.25) is 28.5 Å². The molecule has 59 heavy (non-hydrogen) atoms. The summed E-state index contributed by atoms with van der Waals surface area (Å²) >= 11 is 0. The third kappa shape index (κ3) is 7.38. The maximum atomic E-state index is 14.9. The molecule has 4 heterocycles. The first-order chi connectivity index (χ1) is 28.3. The molecule has 0 spiro atoms.